The Morgan fingerprint density at radius 3 is 2.61 bits per heavy atom. The minimum atomic E-state index is -3.08. The van der Waals surface area contributed by atoms with Gasteiger partial charge in [0.05, 0.1) is 24.7 Å². The number of hydrogen-bond donors (Lipinski definition) is 0. The molecule has 0 radical (unpaired) electrons. The Hall–Kier alpha value is -3.29. The third-order valence-corrected chi connectivity index (χ3v) is 4.20. The van der Waals surface area contributed by atoms with Crippen molar-refractivity contribution in [1.82, 2.24) is 14.9 Å². The summed E-state index contributed by atoms with van der Waals surface area (Å²) in [6.45, 7) is -1.11. The lowest BCUT2D eigenvalue weighted by Gasteiger charge is -2.20. The summed E-state index contributed by atoms with van der Waals surface area (Å²) in [5.74, 6) is -0.306. The van der Waals surface area contributed by atoms with Crippen LogP contribution in [0.3, 0.4) is 0 Å². The number of amides is 1. The first kappa shape index (κ1) is 19.5. The molecule has 0 saturated carbocycles. The van der Waals surface area contributed by atoms with E-state index in [4.69, 9.17) is 4.74 Å². The van der Waals surface area contributed by atoms with Crippen molar-refractivity contribution >= 4 is 16.8 Å². The first-order chi connectivity index (χ1) is 13.4. The second-order valence-corrected chi connectivity index (χ2v) is 6.12. The van der Waals surface area contributed by atoms with Crippen molar-refractivity contribution in [2.45, 2.75) is 20.1 Å². The van der Waals surface area contributed by atoms with Gasteiger partial charge in [-0.25, -0.2) is 9.97 Å². The molecule has 0 aliphatic carbocycles. The highest BCUT2D eigenvalue weighted by Crippen LogP contribution is 2.33. The normalized spacial score (nSPS) is 10.9. The second kappa shape index (κ2) is 8.16. The number of nitrogens with zero attached hydrogens (tertiary/aromatic N) is 3. The summed E-state index contributed by atoms with van der Waals surface area (Å²) in [6.07, 6.45) is 0. The first-order valence-electron chi connectivity index (χ1n) is 8.50. The average Bonchev–Trinajstić information content (AvgIpc) is 2.67. The van der Waals surface area contributed by atoms with Crippen LogP contribution in [0.25, 0.3) is 10.9 Å². The molecule has 0 saturated heterocycles. The summed E-state index contributed by atoms with van der Waals surface area (Å²) in [5.41, 5.74) is 1.54. The van der Waals surface area contributed by atoms with E-state index in [1.165, 1.54) is 30.2 Å². The third-order valence-electron chi connectivity index (χ3n) is 4.20. The van der Waals surface area contributed by atoms with Crippen LogP contribution in [0, 0.1) is 6.92 Å². The first-order valence-corrected chi connectivity index (χ1v) is 8.50. The number of benzene rings is 2. The van der Waals surface area contributed by atoms with E-state index in [0.29, 0.717) is 5.82 Å². The van der Waals surface area contributed by atoms with Crippen molar-refractivity contribution < 1.29 is 23.0 Å². The van der Waals surface area contributed by atoms with Crippen molar-refractivity contribution in [3.8, 4) is 11.5 Å². The van der Waals surface area contributed by atoms with E-state index in [0.717, 1.165) is 16.6 Å². The lowest BCUT2D eigenvalue weighted by Crippen LogP contribution is -2.28. The predicted octanol–water partition coefficient (Wildman–Crippen LogP) is 3.82. The topological polar surface area (TPSA) is 64.5 Å². The van der Waals surface area contributed by atoms with E-state index in [9.17, 15) is 13.6 Å². The number of ether oxygens (including phenoxy) is 2. The number of aromatic nitrogens is 2. The Morgan fingerprint density at radius 2 is 1.89 bits per heavy atom. The number of hydrogen-bond acceptors (Lipinski definition) is 5. The van der Waals surface area contributed by atoms with Crippen LogP contribution in [-0.2, 0) is 6.54 Å². The molecule has 1 aromatic heterocycles. The van der Waals surface area contributed by atoms with E-state index in [1.54, 1.807) is 7.05 Å². The quantitative estimate of drug-likeness (QED) is 0.643. The number of fused-ring (bicyclic) bond motifs is 1. The molecule has 0 N–H and O–H groups in total. The summed E-state index contributed by atoms with van der Waals surface area (Å²) in [4.78, 5) is 23.1. The molecule has 0 unspecified atom stereocenters. The molecule has 2 aromatic carbocycles. The van der Waals surface area contributed by atoms with Crippen LogP contribution >= 0.6 is 0 Å². The summed E-state index contributed by atoms with van der Waals surface area (Å²) in [5, 5.41) is 0.931. The number of carbonyl (C=O) groups is 1. The van der Waals surface area contributed by atoms with Crippen LogP contribution in [-0.4, -0.2) is 41.5 Å². The van der Waals surface area contributed by atoms with Crippen molar-refractivity contribution in [3.05, 3.63) is 59.5 Å². The number of para-hydroxylation sites is 2. The van der Waals surface area contributed by atoms with Gasteiger partial charge in [-0.3, -0.25) is 4.79 Å². The van der Waals surface area contributed by atoms with Crippen LogP contribution in [0.1, 0.15) is 21.9 Å². The Bertz CT molecular complexity index is 1010. The zero-order valence-corrected chi connectivity index (χ0v) is 15.6. The molecule has 28 heavy (non-hydrogen) atoms. The van der Waals surface area contributed by atoms with E-state index in [-0.39, 0.29) is 23.6 Å². The maximum absolute atomic E-state index is 12.9. The van der Waals surface area contributed by atoms with Crippen LogP contribution < -0.4 is 9.47 Å². The molecule has 0 aliphatic rings. The van der Waals surface area contributed by atoms with Gasteiger partial charge in [-0.2, -0.15) is 8.78 Å². The van der Waals surface area contributed by atoms with Gasteiger partial charge in [-0.1, -0.05) is 24.3 Å². The van der Waals surface area contributed by atoms with Crippen LogP contribution in [0.4, 0.5) is 8.78 Å². The summed E-state index contributed by atoms with van der Waals surface area (Å²) in [6, 6.07) is 12.0. The fraction of sp³-hybridized carbons (Fsp3) is 0.250. The molecule has 0 spiro atoms. The van der Waals surface area contributed by atoms with Gasteiger partial charge in [-0.15, -0.1) is 0 Å². The smallest absolute Gasteiger partial charge is 0.387 e. The molecule has 146 valence electrons. The molecule has 6 nitrogen and oxygen atoms in total. The zero-order valence-electron chi connectivity index (χ0n) is 15.6. The van der Waals surface area contributed by atoms with Gasteiger partial charge in [0, 0.05) is 18.1 Å². The Balaban J connectivity index is 1.89. The lowest BCUT2D eigenvalue weighted by molar-refractivity contribution is -0.0516. The predicted molar refractivity (Wildman–Crippen MR) is 99.7 cm³/mol. The van der Waals surface area contributed by atoms with Crippen LogP contribution in [0.15, 0.2) is 42.5 Å². The minimum Gasteiger partial charge on any atom is -0.493 e. The maximum atomic E-state index is 12.9. The minimum absolute atomic E-state index is 0.0281. The van der Waals surface area contributed by atoms with Gasteiger partial charge < -0.3 is 14.4 Å². The largest absolute Gasteiger partial charge is 0.493 e. The second-order valence-electron chi connectivity index (χ2n) is 6.12. The maximum Gasteiger partial charge on any atom is 0.387 e. The number of aryl methyl sites for hydroxylation is 1. The molecule has 0 fully saturated rings. The molecular formula is C20H19F2N3O3. The fourth-order valence-electron chi connectivity index (χ4n) is 2.91. The van der Waals surface area contributed by atoms with Crippen molar-refractivity contribution in [2.24, 2.45) is 0 Å². The molecule has 0 aliphatic heterocycles. The van der Waals surface area contributed by atoms with Gasteiger partial charge in [0.2, 0.25) is 0 Å². The van der Waals surface area contributed by atoms with Gasteiger partial charge >= 0.3 is 6.61 Å². The molecule has 3 rings (SSSR count). The lowest BCUT2D eigenvalue weighted by atomic mass is 10.1. The molecule has 1 heterocycles. The van der Waals surface area contributed by atoms with Crippen LogP contribution in [0.5, 0.6) is 11.5 Å². The summed E-state index contributed by atoms with van der Waals surface area (Å²) in [7, 11) is 2.86. The van der Waals surface area contributed by atoms with E-state index >= 15 is 0 Å². The third kappa shape index (κ3) is 4.00. The number of halogens is 2. The summed E-state index contributed by atoms with van der Waals surface area (Å²) >= 11 is 0. The Morgan fingerprint density at radius 1 is 1.14 bits per heavy atom. The van der Waals surface area contributed by atoms with E-state index < -0.39 is 12.5 Å². The number of alkyl halides is 2. The molecule has 3 aromatic rings. The van der Waals surface area contributed by atoms with Gasteiger partial charge in [0.25, 0.3) is 5.91 Å². The summed E-state index contributed by atoms with van der Waals surface area (Å²) < 4.78 is 35.2. The molecule has 0 bridgehead atoms. The van der Waals surface area contributed by atoms with Gasteiger partial charge in [-0.05, 0) is 25.1 Å². The zero-order chi connectivity index (χ0) is 20.3. The fourth-order valence-corrected chi connectivity index (χ4v) is 2.91. The van der Waals surface area contributed by atoms with Gasteiger partial charge in [0.1, 0.15) is 5.82 Å². The monoisotopic (exact) mass is 387 g/mol. The molecule has 0 atom stereocenters. The SMILES string of the molecule is COc1cccc(C(=O)N(C)Cc2nc(C)c3ccccc3n2)c1OC(F)F. The number of rotatable bonds is 6. The standard InChI is InChI=1S/C20H19F2N3O3/c1-12-13-7-4-5-9-15(13)24-17(23-12)11-25(2)19(26)14-8-6-10-16(27-3)18(14)28-20(21)22/h4-10,20H,11H2,1-3H3. The number of carbonyl (C=O) groups excluding carboxylic acids is 1. The number of methoxy groups -OCH3 is 1. The van der Waals surface area contributed by atoms with Crippen molar-refractivity contribution in [1.29, 1.82) is 0 Å². The van der Waals surface area contributed by atoms with E-state index in [2.05, 4.69) is 14.7 Å². The highest BCUT2D eigenvalue weighted by Gasteiger charge is 2.23. The Kier molecular flexibility index (Phi) is 5.67. The highest BCUT2D eigenvalue weighted by molar-refractivity contribution is 5.97. The van der Waals surface area contributed by atoms with Gasteiger partial charge in [0.15, 0.2) is 11.5 Å². The molecule has 8 heteroatoms. The Labute approximate surface area is 160 Å². The van der Waals surface area contributed by atoms with Crippen LogP contribution in [0.2, 0.25) is 0 Å². The molecular weight excluding hydrogens is 368 g/mol. The molecule has 1 amide bonds. The highest BCUT2D eigenvalue weighted by atomic mass is 19.3. The average molecular weight is 387 g/mol. The van der Waals surface area contributed by atoms with E-state index in [1.807, 2.05) is 31.2 Å². The van der Waals surface area contributed by atoms with Crippen molar-refractivity contribution in [2.75, 3.05) is 14.2 Å². The van der Waals surface area contributed by atoms with Crippen molar-refractivity contribution in [3.63, 3.8) is 0 Å².